The molecule has 0 spiro atoms. The molecule has 0 saturated heterocycles. The van der Waals surface area contributed by atoms with Crippen molar-refractivity contribution in [1.82, 2.24) is 0 Å². The summed E-state index contributed by atoms with van der Waals surface area (Å²) in [5.41, 5.74) is 4.87. The predicted molar refractivity (Wildman–Crippen MR) is 66.2 cm³/mol. The normalized spacial score (nSPS) is 20.4. The smallest absolute Gasteiger partial charge is 0.0245 e. The van der Waals surface area contributed by atoms with E-state index in [4.69, 9.17) is 0 Å². The maximum absolute atomic E-state index is 2.36. The average molecular weight is 202 g/mol. The minimum absolute atomic E-state index is 0.837. The van der Waals surface area contributed by atoms with E-state index >= 15 is 0 Å². The number of fused-ring (bicyclic) bond motifs is 1. The maximum atomic E-state index is 2.36. The van der Waals surface area contributed by atoms with Gasteiger partial charge >= 0.3 is 0 Å². The van der Waals surface area contributed by atoms with Gasteiger partial charge in [-0.1, -0.05) is 39.0 Å². The van der Waals surface area contributed by atoms with Gasteiger partial charge < -0.3 is 0 Å². The standard InChI is InChI=1S/C15H22/c1-4-12-6-5-7-14-10-13(11(2)3)8-9-15(12)14/h5-7,11,13H,4,8-10H2,1-3H3. The van der Waals surface area contributed by atoms with Crippen LogP contribution in [0.5, 0.6) is 0 Å². The Balaban J connectivity index is 2.27. The van der Waals surface area contributed by atoms with Gasteiger partial charge in [0, 0.05) is 0 Å². The van der Waals surface area contributed by atoms with Crippen molar-refractivity contribution in [1.29, 1.82) is 0 Å². The molecule has 0 radical (unpaired) electrons. The monoisotopic (exact) mass is 202 g/mol. The molecular weight excluding hydrogens is 180 g/mol. The molecule has 0 saturated carbocycles. The maximum Gasteiger partial charge on any atom is -0.0245 e. The molecule has 0 N–H and O–H groups in total. The van der Waals surface area contributed by atoms with Crippen molar-refractivity contribution in [3.63, 3.8) is 0 Å². The Morgan fingerprint density at radius 2 is 2.13 bits per heavy atom. The van der Waals surface area contributed by atoms with Crippen LogP contribution in [0.3, 0.4) is 0 Å². The second kappa shape index (κ2) is 4.38. The molecule has 0 aliphatic heterocycles. The first kappa shape index (κ1) is 10.7. The highest BCUT2D eigenvalue weighted by atomic mass is 14.3. The fraction of sp³-hybridized carbons (Fsp3) is 0.600. The van der Waals surface area contributed by atoms with E-state index in [0.717, 1.165) is 11.8 Å². The van der Waals surface area contributed by atoms with Gasteiger partial charge in [0.1, 0.15) is 0 Å². The van der Waals surface area contributed by atoms with Gasteiger partial charge in [-0.2, -0.15) is 0 Å². The van der Waals surface area contributed by atoms with Crippen LogP contribution in [0, 0.1) is 11.8 Å². The lowest BCUT2D eigenvalue weighted by atomic mass is 9.77. The first-order valence-electron chi connectivity index (χ1n) is 6.32. The summed E-state index contributed by atoms with van der Waals surface area (Å²) in [6, 6.07) is 6.87. The predicted octanol–water partition coefficient (Wildman–Crippen LogP) is 4.01. The van der Waals surface area contributed by atoms with Crippen molar-refractivity contribution < 1.29 is 0 Å². The Morgan fingerprint density at radius 1 is 1.33 bits per heavy atom. The first-order valence-corrected chi connectivity index (χ1v) is 6.32. The molecule has 0 fully saturated rings. The molecule has 1 aliphatic carbocycles. The lowest BCUT2D eigenvalue weighted by Gasteiger charge is -2.28. The van der Waals surface area contributed by atoms with Crippen LogP contribution in [0.15, 0.2) is 18.2 Å². The largest absolute Gasteiger partial charge is 0.0625 e. The Labute approximate surface area is 93.7 Å². The van der Waals surface area contributed by atoms with E-state index in [-0.39, 0.29) is 0 Å². The average Bonchev–Trinajstić information content (AvgIpc) is 2.27. The number of rotatable bonds is 2. The van der Waals surface area contributed by atoms with Crippen molar-refractivity contribution in [3.05, 3.63) is 34.9 Å². The second-order valence-electron chi connectivity index (χ2n) is 5.16. The van der Waals surface area contributed by atoms with E-state index in [1.165, 1.54) is 25.7 Å². The fourth-order valence-electron chi connectivity index (χ4n) is 2.81. The second-order valence-corrected chi connectivity index (χ2v) is 5.16. The molecule has 1 aromatic rings. The molecule has 1 aromatic carbocycles. The quantitative estimate of drug-likeness (QED) is 0.679. The van der Waals surface area contributed by atoms with E-state index < -0.39 is 0 Å². The SMILES string of the molecule is CCc1cccc2c1CCC(C(C)C)C2. The summed E-state index contributed by atoms with van der Waals surface area (Å²) in [6.45, 7) is 6.99. The van der Waals surface area contributed by atoms with Crippen LogP contribution in [-0.4, -0.2) is 0 Å². The zero-order valence-corrected chi connectivity index (χ0v) is 10.2. The van der Waals surface area contributed by atoms with E-state index in [2.05, 4.69) is 39.0 Å². The Kier molecular flexibility index (Phi) is 3.14. The Bertz CT molecular complexity index is 336. The Morgan fingerprint density at radius 3 is 2.80 bits per heavy atom. The molecule has 1 atom stereocenters. The van der Waals surface area contributed by atoms with Gasteiger partial charge in [0.05, 0.1) is 0 Å². The van der Waals surface area contributed by atoms with Crippen LogP contribution in [0.4, 0.5) is 0 Å². The van der Waals surface area contributed by atoms with Gasteiger partial charge in [-0.25, -0.2) is 0 Å². The zero-order chi connectivity index (χ0) is 10.8. The molecular formula is C15H22. The lowest BCUT2D eigenvalue weighted by Crippen LogP contribution is -2.20. The van der Waals surface area contributed by atoms with Gasteiger partial charge in [-0.15, -0.1) is 0 Å². The molecule has 0 heteroatoms. The van der Waals surface area contributed by atoms with Crippen LogP contribution in [0.25, 0.3) is 0 Å². The van der Waals surface area contributed by atoms with Crippen LogP contribution < -0.4 is 0 Å². The van der Waals surface area contributed by atoms with Crippen molar-refractivity contribution >= 4 is 0 Å². The summed E-state index contributed by atoms with van der Waals surface area (Å²) in [7, 11) is 0. The molecule has 1 aliphatic rings. The number of hydrogen-bond donors (Lipinski definition) is 0. The van der Waals surface area contributed by atoms with Crippen LogP contribution >= 0.6 is 0 Å². The third-order valence-corrected chi connectivity index (χ3v) is 3.94. The van der Waals surface area contributed by atoms with Crippen molar-refractivity contribution in [3.8, 4) is 0 Å². The highest BCUT2D eigenvalue weighted by Gasteiger charge is 2.22. The van der Waals surface area contributed by atoms with Crippen LogP contribution in [-0.2, 0) is 19.3 Å². The molecule has 0 nitrogen and oxygen atoms in total. The molecule has 82 valence electrons. The summed E-state index contributed by atoms with van der Waals surface area (Å²) in [4.78, 5) is 0. The molecule has 1 unspecified atom stereocenters. The van der Waals surface area contributed by atoms with E-state index in [0.29, 0.717) is 0 Å². The van der Waals surface area contributed by atoms with Gasteiger partial charge in [-0.05, 0) is 54.2 Å². The molecule has 0 heterocycles. The van der Waals surface area contributed by atoms with Crippen molar-refractivity contribution in [2.45, 2.75) is 46.5 Å². The van der Waals surface area contributed by atoms with Gasteiger partial charge in [-0.3, -0.25) is 0 Å². The van der Waals surface area contributed by atoms with Gasteiger partial charge in [0.15, 0.2) is 0 Å². The summed E-state index contributed by atoms with van der Waals surface area (Å²) >= 11 is 0. The number of hydrogen-bond acceptors (Lipinski definition) is 0. The fourth-order valence-corrected chi connectivity index (χ4v) is 2.81. The lowest BCUT2D eigenvalue weighted by molar-refractivity contribution is 0.342. The first-order chi connectivity index (χ1) is 7.22. The highest BCUT2D eigenvalue weighted by Crippen LogP contribution is 2.31. The molecule has 0 amide bonds. The zero-order valence-electron chi connectivity index (χ0n) is 10.2. The van der Waals surface area contributed by atoms with Gasteiger partial charge in [0.25, 0.3) is 0 Å². The Hall–Kier alpha value is -0.780. The van der Waals surface area contributed by atoms with E-state index in [1.807, 2.05) is 0 Å². The third kappa shape index (κ3) is 2.09. The highest BCUT2D eigenvalue weighted by molar-refractivity contribution is 5.37. The van der Waals surface area contributed by atoms with E-state index in [9.17, 15) is 0 Å². The van der Waals surface area contributed by atoms with Gasteiger partial charge in [0.2, 0.25) is 0 Å². The minimum Gasteiger partial charge on any atom is -0.0625 e. The number of aryl methyl sites for hydroxylation is 1. The van der Waals surface area contributed by atoms with Crippen LogP contribution in [0.2, 0.25) is 0 Å². The summed E-state index contributed by atoms with van der Waals surface area (Å²) in [6.07, 6.45) is 5.19. The molecule has 2 rings (SSSR count). The van der Waals surface area contributed by atoms with Crippen LogP contribution in [0.1, 0.15) is 43.9 Å². The minimum atomic E-state index is 0.837. The molecule has 15 heavy (non-hydrogen) atoms. The third-order valence-electron chi connectivity index (χ3n) is 3.94. The van der Waals surface area contributed by atoms with E-state index in [1.54, 1.807) is 16.7 Å². The molecule has 0 bridgehead atoms. The number of benzene rings is 1. The summed E-state index contributed by atoms with van der Waals surface area (Å²) in [5, 5.41) is 0. The summed E-state index contributed by atoms with van der Waals surface area (Å²) < 4.78 is 0. The van der Waals surface area contributed by atoms with Crippen molar-refractivity contribution in [2.75, 3.05) is 0 Å². The topological polar surface area (TPSA) is 0 Å². The van der Waals surface area contributed by atoms with Crippen molar-refractivity contribution in [2.24, 2.45) is 11.8 Å². The molecule has 0 aromatic heterocycles. The summed E-state index contributed by atoms with van der Waals surface area (Å²) in [5.74, 6) is 1.74.